The van der Waals surface area contributed by atoms with Crippen molar-refractivity contribution in [1.82, 2.24) is 4.98 Å². The van der Waals surface area contributed by atoms with E-state index in [1.807, 2.05) is 12.1 Å². The van der Waals surface area contributed by atoms with E-state index in [-0.39, 0.29) is 0 Å². The second-order valence-corrected chi connectivity index (χ2v) is 3.86. The maximum absolute atomic E-state index is 4.33. The molecule has 0 aromatic carbocycles. The van der Waals surface area contributed by atoms with E-state index in [9.17, 15) is 0 Å². The third-order valence-electron chi connectivity index (χ3n) is 1.39. The highest BCUT2D eigenvalue weighted by Gasteiger charge is 1.98. The zero-order chi connectivity index (χ0) is 8.27. The third kappa shape index (κ3) is 3.02. The lowest BCUT2D eigenvalue weighted by Crippen LogP contribution is -1.96. The lowest BCUT2D eigenvalue weighted by Gasteiger charge is -2.02. The van der Waals surface area contributed by atoms with Crippen LogP contribution in [-0.4, -0.2) is 4.98 Å². The maximum atomic E-state index is 4.33. The Morgan fingerprint density at radius 2 is 2.18 bits per heavy atom. The van der Waals surface area contributed by atoms with Crippen LogP contribution in [0.15, 0.2) is 22.8 Å². The SMILES string of the molecule is CC(C)Cc1cccc(Br)n1. The molecule has 60 valence electrons. The fraction of sp³-hybridized carbons (Fsp3) is 0.444. The second-order valence-electron chi connectivity index (χ2n) is 3.05. The van der Waals surface area contributed by atoms with Crippen LogP contribution in [0.3, 0.4) is 0 Å². The molecule has 0 aliphatic carbocycles. The molecule has 0 unspecified atom stereocenters. The highest BCUT2D eigenvalue weighted by Crippen LogP contribution is 2.09. The Hall–Kier alpha value is -0.370. The fourth-order valence-electron chi connectivity index (χ4n) is 0.982. The Labute approximate surface area is 76.0 Å². The summed E-state index contributed by atoms with van der Waals surface area (Å²) in [7, 11) is 0. The van der Waals surface area contributed by atoms with E-state index in [4.69, 9.17) is 0 Å². The van der Waals surface area contributed by atoms with E-state index in [1.54, 1.807) is 0 Å². The molecular formula is C9H12BrN. The van der Waals surface area contributed by atoms with Crippen molar-refractivity contribution in [2.24, 2.45) is 5.92 Å². The van der Waals surface area contributed by atoms with Crippen molar-refractivity contribution < 1.29 is 0 Å². The van der Waals surface area contributed by atoms with Gasteiger partial charge in [0.2, 0.25) is 0 Å². The minimum atomic E-state index is 0.678. The van der Waals surface area contributed by atoms with E-state index in [0.29, 0.717) is 5.92 Å². The topological polar surface area (TPSA) is 12.9 Å². The number of hydrogen-bond donors (Lipinski definition) is 0. The van der Waals surface area contributed by atoms with Gasteiger partial charge in [-0.25, -0.2) is 4.98 Å². The van der Waals surface area contributed by atoms with Gasteiger partial charge >= 0.3 is 0 Å². The van der Waals surface area contributed by atoms with Crippen molar-refractivity contribution in [3.8, 4) is 0 Å². The van der Waals surface area contributed by atoms with Crippen LogP contribution in [0.1, 0.15) is 19.5 Å². The molecule has 11 heavy (non-hydrogen) atoms. The second kappa shape index (κ2) is 3.86. The zero-order valence-corrected chi connectivity index (χ0v) is 8.43. The van der Waals surface area contributed by atoms with Crippen LogP contribution < -0.4 is 0 Å². The average molecular weight is 214 g/mol. The summed E-state index contributed by atoms with van der Waals surface area (Å²) in [6, 6.07) is 6.03. The number of rotatable bonds is 2. The summed E-state index contributed by atoms with van der Waals surface area (Å²) in [6.07, 6.45) is 1.06. The van der Waals surface area contributed by atoms with Crippen LogP contribution in [0.5, 0.6) is 0 Å². The largest absolute Gasteiger partial charge is 0.246 e. The highest BCUT2D eigenvalue weighted by molar-refractivity contribution is 9.10. The van der Waals surface area contributed by atoms with Crippen molar-refractivity contribution in [3.05, 3.63) is 28.5 Å². The molecule has 0 aliphatic heterocycles. The number of hydrogen-bond acceptors (Lipinski definition) is 1. The van der Waals surface area contributed by atoms with E-state index in [2.05, 4.69) is 40.8 Å². The Kier molecular flexibility index (Phi) is 3.06. The van der Waals surface area contributed by atoms with Crippen LogP contribution in [0.2, 0.25) is 0 Å². The van der Waals surface area contributed by atoms with Crippen LogP contribution in [0.4, 0.5) is 0 Å². The molecule has 1 heterocycles. The van der Waals surface area contributed by atoms with Gasteiger partial charge in [-0.15, -0.1) is 0 Å². The van der Waals surface area contributed by atoms with Crippen molar-refractivity contribution in [2.75, 3.05) is 0 Å². The average Bonchev–Trinajstić information content (AvgIpc) is 1.85. The van der Waals surface area contributed by atoms with Crippen molar-refractivity contribution in [1.29, 1.82) is 0 Å². The van der Waals surface area contributed by atoms with Crippen LogP contribution in [0.25, 0.3) is 0 Å². The smallest absolute Gasteiger partial charge is 0.106 e. The Balaban J connectivity index is 2.71. The molecule has 1 aromatic heterocycles. The maximum Gasteiger partial charge on any atom is 0.106 e. The van der Waals surface area contributed by atoms with Gasteiger partial charge in [-0.2, -0.15) is 0 Å². The van der Waals surface area contributed by atoms with Gasteiger partial charge in [-0.1, -0.05) is 19.9 Å². The predicted molar refractivity (Wildman–Crippen MR) is 50.5 cm³/mol. The van der Waals surface area contributed by atoms with Gasteiger partial charge < -0.3 is 0 Å². The molecule has 0 atom stereocenters. The van der Waals surface area contributed by atoms with Crippen molar-refractivity contribution in [3.63, 3.8) is 0 Å². The first kappa shape index (κ1) is 8.72. The van der Waals surface area contributed by atoms with Gasteiger partial charge in [-0.05, 0) is 40.4 Å². The summed E-state index contributed by atoms with van der Waals surface area (Å²) >= 11 is 3.34. The van der Waals surface area contributed by atoms with Gasteiger partial charge in [-0.3, -0.25) is 0 Å². The summed E-state index contributed by atoms with van der Waals surface area (Å²) in [5.74, 6) is 0.678. The first-order chi connectivity index (χ1) is 5.18. The van der Waals surface area contributed by atoms with Crippen LogP contribution >= 0.6 is 15.9 Å². The minimum absolute atomic E-state index is 0.678. The monoisotopic (exact) mass is 213 g/mol. The molecular weight excluding hydrogens is 202 g/mol. The molecule has 0 fully saturated rings. The van der Waals surface area contributed by atoms with Crippen LogP contribution in [0, 0.1) is 5.92 Å². The standard InChI is InChI=1S/C9H12BrN/c1-7(2)6-8-4-3-5-9(10)11-8/h3-5,7H,6H2,1-2H3. The lowest BCUT2D eigenvalue weighted by molar-refractivity contribution is 0.634. The highest BCUT2D eigenvalue weighted by atomic mass is 79.9. The lowest BCUT2D eigenvalue weighted by atomic mass is 10.1. The summed E-state index contributed by atoms with van der Waals surface area (Å²) in [4.78, 5) is 4.33. The minimum Gasteiger partial charge on any atom is -0.246 e. The first-order valence-corrected chi connectivity index (χ1v) is 4.59. The number of nitrogens with zero attached hydrogens (tertiary/aromatic N) is 1. The Morgan fingerprint density at radius 3 is 2.73 bits per heavy atom. The van der Waals surface area contributed by atoms with E-state index in [1.165, 1.54) is 0 Å². The Bertz CT molecular complexity index is 233. The van der Waals surface area contributed by atoms with Gasteiger partial charge in [0, 0.05) is 5.69 Å². The van der Waals surface area contributed by atoms with Gasteiger partial charge in [0.25, 0.3) is 0 Å². The molecule has 1 rings (SSSR count). The van der Waals surface area contributed by atoms with Crippen molar-refractivity contribution >= 4 is 15.9 Å². The molecule has 1 nitrogen and oxygen atoms in total. The summed E-state index contributed by atoms with van der Waals surface area (Å²) in [5, 5.41) is 0. The molecule has 0 aliphatic rings. The van der Waals surface area contributed by atoms with Crippen LogP contribution in [-0.2, 0) is 6.42 Å². The van der Waals surface area contributed by atoms with Gasteiger partial charge in [0.1, 0.15) is 4.60 Å². The summed E-state index contributed by atoms with van der Waals surface area (Å²) in [6.45, 7) is 4.39. The number of halogens is 1. The number of aromatic nitrogens is 1. The third-order valence-corrected chi connectivity index (χ3v) is 1.83. The zero-order valence-electron chi connectivity index (χ0n) is 6.84. The summed E-state index contributed by atoms with van der Waals surface area (Å²) < 4.78 is 0.927. The van der Waals surface area contributed by atoms with E-state index < -0.39 is 0 Å². The number of pyridine rings is 1. The molecule has 0 saturated heterocycles. The van der Waals surface area contributed by atoms with Gasteiger partial charge in [0.15, 0.2) is 0 Å². The van der Waals surface area contributed by atoms with E-state index >= 15 is 0 Å². The molecule has 0 spiro atoms. The molecule has 2 heteroatoms. The van der Waals surface area contributed by atoms with Gasteiger partial charge in [0.05, 0.1) is 0 Å². The molecule has 0 radical (unpaired) electrons. The first-order valence-electron chi connectivity index (χ1n) is 3.80. The van der Waals surface area contributed by atoms with E-state index in [0.717, 1.165) is 16.7 Å². The molecule has 0 saturated carbocycles. The van der Waals surface area contributed by atoms with Crippen molar-refractivity contribution in [2.45, 2.75) is 20.3 Å². The molecule has 0 amide bonds. The Morgan fingerprint density at radius 1 is 1.45 bits per heavy atom. The molecule has 0 bridgehead atoms. The summed E-state index contributed by atoms with van der Waals surface area (Å²) in [5.41, 5.74) is 1.16. The predicted octanol–water partition coefficient (Wildman–Crippen LogP) is 3.04. The molecule has 1 aromatic rings. The fourth-order valence-corrected chi connectivity index (χ4v) is 1.36. The molecule has 0 N–H and O–H groups in total. The quantitative estimate of drug-likeness (QED) is 0.689. The normalized spacial score (nSPS) is 10.5.